The summed E-state index contributed by atoms with van der Waals surface area (Å²) in [6.07, 6.45) is 1.10. The van der Waals surface area contributed by atoms with Crippen molar-refractivity contribution >= 4 is 34.2 Å². The Bertz CT molecular complexity index is 576. The molecule has 0 amide bonds. The normalized spacial score (nSPS) is 12.4. The van der Waals surface area contributed by atoms with E-state index in [1.807, 2.05) is 19.1 Å². The molecule has 114 valence electrons. The van der Waals surface area contributed by atoms with Gasteiger partial charge in [0.15, 0.2) is 0 Å². The van der Waals surface area contributed by atoms with Gasteiger partial charge in [-0.1, -0.05) is 17.7 Å². The van der Waals surface area contributed by atoms with Crippen LogP contribution in [-0.2, 0) is 30.9 Å². The highest BCUT2D eigenvalue weighted by atomic mass is 32.5. The molecule has 0 bridgehead atoms. The molecule has 0 aromatic heterocycles. The number of rotatable bonds is 7. The van der Waals surface area contributed by atoms with E-state index in [-0.39, 0.29) is 13.2 Å². The molecule has 0 aliphatic carbocycles. The van der Waals surface area contributed by atoms with Crippen LogP contribution >= 0.6 is 6.64 Å². The molecule has 1 rings (SSSR count). The fraction of sp³-hybridized carbons (Fsp3) is 0.500. The van der Waals surface area contributed by atoms with Crippen molar-refractivity contribution in [1.29, 1.82) is 0 Å². The average Bonchev–Trinajstić information content (AvgIpc) is 2.30. The van der Waals surface area contributed by atoms with Gasteiger partial charge in [-0.15, -0.1) is 0 Å². The Hall–Kier alpha value is -0.460. The Labute approximate surface area is 126 Å². The second-order valence-electron chi connectivity index (χ2n) is 4.15. The number of aryl methyl sites for hydroxylation is 1. The lowest BCUT2D eigenvalue weighted by Gasteiger charge is -2.32. The average molecular weight is 337 g/mol. The minimum Gasteiger partial charge on any atom is -0.313 e. The SMILES string of the molecule is CCOP(=S)(OCC)N(c1ccc(C)cc1)S(C)(=O)=O. The minimum absolute atomic E-state index is 0.287. The quantitative estimate of drug-likeness (QED) is 0.716. The van der Waals surface area contributed by atoms with Gasteiger partial charge >= 0.3 is 6.64 Å². The summed E-state index contributed by atoms with van der Waals surface area (Å²) in [5.41, 5.74) is 1.49. The Morgan fingerprint density at radius 3 is 1.95 bits per heavy atom. The van der Waals surface area contributed by atoms with Gasteiger partial charge in [-0.05, 0) is 44.7 Å². The highest BCUT2D eigenvalue weighted by Gasteiger charge is 2.35. The molecule has 0 saturated heterocycles. The molecule has 0 saturated carbocycles. The number of benzene rings is 1. The van der Waals surface area contributed by atoms with Gasteiger partial charge in [-0.25, -0.2) is 8.42 Å². The van der Waals surface area contributed by atoms with Gasteiger partial charge < -0.3 is 9.05 Å². The van der Waals surface area contributed by atoms with Crippen LogP contribution in [0.4, 0.5) is 5.69 Å². The molecule has 0 fully saturated rings. The monoisotopic (exact) mass is 337 g/mol. The van der Waals surface area contributed by atoms with Crippen LogP contribution in [0.15, 0.2) is 24.3 Å². The molecule has 8 heteroatoms. The Kier molecular flexibility index (Phi) is 6.16. The lowest BCUT2D eigenvalue weighted by molar-refractivity contribution is 0.268. The summed E-state index contributed by atoms with van der Waals surface area (Å²) in [4.78, 5) is 0. The zero-order valence-electron chi connectivity index (χ0n) is 12.1. The van der Waals surface area contributed by atoms with Crippen LogP contribution < -0.4 is 4.08 Å². The first-order valence-corrected chi connectivity index (χ1v) is 10.6. The maximum atomic E-state index is 12.1. The molecule has 0 atom stereocenters. The van der Waals surface area contributed by atoms with E-state index in [1.54, 1.807) is 26.0 Å². The molecule has 1 aromatic rings. The molecule has 20 heavy (non-hydrogen) atoms. The fourth-order valence-electron chi connectivity index (χ4n) is 1.66. The van der Waals surface area contributed by atoms with Gasteiger partial charge in [0.2, 0.25) is 10.0 Å². The molecule has 0 unspecified atom stereocenters. The van der Waals surface area contributed by atoms with Gasteiger partial charge in [-0.2, -0.15) is 4.08 Å². The minimum atomic E-state index is -3.60. The molecule has 0 N–H and O–H groups in total. The molecule has 5 nitrogen and oxygen atoms in total. The number of hydrogen-bond donors (Lipinski definition) is 0. The molecule has 0 spiro atoms. The van der Waals surface area contributed by atoms with E-state index >= 15 is 0 Å². The first-order chi connectivity index (χ1) is 9.24. The van der Waals surface area contributed by atoms with Crippen LogP contribution in [0.2, 0.25) is 0 Å². The highest BCUT2D eigenvalue weighted by molar-refractivity contribution is 8.17. The second kappa shape index (κ2) is 7.00. The zero-order chi connectivity index (χ0) is 15.4. The predicted octanol–water partition coefficient (Wildman–Crippen LogP) is 3.06. The van der Waals surface area contributed by atoms with E-state index in [0.29, 0.717) is 5.69 Å². The first kappa shape index (κ1) is 17.6. The van der Waals surface area contributed by atoms with Gasteiger partial charge in [0.25, 0.3) is 0 Å². The number of nitrogens with zero attached hydrogens (tertiary/aromatic N) is 1. The topological polar surface area (TPSA) is 55.8 Å². The summed E-state index contributed by atoms with van der Waals surface area (Å²) in [7, 11) is -3.60. The molecule has 0 heterocycles. The van der Waals surface area contributed by atoms with E-state index in [4.69, 9.17) is 20.9 Å². The van der Waals surface area contributed by atoms with Crippen LogP contribution in [0.1, 0.15) is 19.4 Å². The van der Waals surface area contributed by atoms with E-state index in [1.165, 1.54) is 0 Å². The summed E-state index contributed by atoms with van der Waals surface area (Å²) in [6, 6.07) is 7.06. The van der Waals surface area contributed by atoms with Crippen molar-refractivity contribution in [3.8, 4) is 0 Å². The maximum Gasteiger partial charge on any atom is 0.303 e. The molecular weight excluding hydrogens is 317 g/mol. The Morgan fingerprint density at radius 1 is 1.15 bits per heavy atom. The van der Waals surface area contributed by atoms with Crippen molar-refractivity contribution < 1.29 is 17.5 Å². The second-order valence-corrected chi connectivity index (χ2v) is 9.49. The maximum absolute atomic E-state index is 12.1. The first-order valence-electron chi connectivity index (χ1n) is 6.21. The van der Waals surface area contributed by atoms with E-state index in [2.05, 4.69) is 0 Å². The van der Waals surface area contributed by atoms with Crippen LogP contribution in [0, 0.1) is 6.92 Å². The van der Waals surface area contributed by atoms with Crippen LogP contribution in [0.25, 0.3) is 0 Å². The van der Waals surface area contributed by atoms with Crippen molar-refractivity contribution in [2.24, 2.45) is 0 Å². The number of sulfonamides is 1. The van der Waals surface area contributed by atoms with Crippen LogP contribution in [-0.4, -0.2) is 27.9 Å². The third-order valence-corrected chi connectivity index (χ3v) is 8.03. The van der Waals surface area contributed by atoms with Gasteiger partial charge in [0.1, 0.15) is 0 Å². The summed E-state index contributed by atoms with van der Waals surface area (Å²) in [6.45, 7) is 2.91. The van der Waals surface area contributed by atoms with Crippen molar-refractivity contribution in [2.45, 2.75) is 20.8 Å². The van der Waals surface area contributed by atoms with Crippen molar-refractivity contribution in [3.05, 3.63) is 29.8 Å². The standard InChI is InChI=1S/C12H20NO4PS2/c1-5-16-18(19,17-6-2)13(20(4,14)15)12-9-7-11(3)8-10-12/h7-10H,5-6H2,1-4H3. The van der Waals surface area contributed by atoms with Crippen LogP contribution in [0.3, 0.4) is 0 Å². The summed E-state index contributed by atoms with van der Waals surface area (Å²) < 4.78 is 36.4. The molecule has 0 radical (unpaired) electrons. The zero-order valence-corrected chi connectivity index (χ0v) is 14.6. The summed E-state index contributed by atoms with van der Waals surface area (Å²) >= 11 is 5.40. The van der Waals surface area contributed by atoms with Gasteiger partial charge in [-0.3, -0.25) is 0 Å². The number of anilines is 1. The predicted molar refractivity (Wildman–Crippen MR) is 86.0 cm³/mol. The molecular formula is C12H20NO4PS2. The molecule has 0 aliphatic heterocycles. The lowest BCUT2D eigenvalue weighted by Crippen LogP contribution is -2.28. The summed E-state index contributed by atoms with van der Waals surface area (Å²) in [5.74, 6) is 0. The molecule has 0 aliphatic rings. The lowest BCUT2D eigenvalue weighted by atomic mass is 10.2. The fourth-order valence-corrected chi connectivity index (χ4v) is 7.25. The summed E-state index contributed by atoms with van der Waals surface area (Å²) in [5, 5.41) is 0. The Morgan fingerprint density at radius 2 is 1.60 bits per heavy atom. The number of hydrogen-bond acceptors (Lipinski definition) is 5. The smallest absolute Gasteiger partial charge is 0.303 e. The van der Waals surface area contributed by atoms with E-state index in [9.17, 15) is 8.42 Å². The third-order valence-electron chi connectivity index (χ3n) is 2.38. The molecule has 1 aromatic carbocycles. The largest absolute Gasteiger partial charge is 0.313 e. The highest BCUT2D eigenvalue weighted by Crippen LogP contribution is 2.55. The van der Waals surface area contributed by atoms with Crippen molar-refractivity contribution in [1.82, 2.24) is 0 Å². The van der Waals surface area contributed by atoms with E-state index < -0.39 is 16.7 Å². The van der Waals surface area contributed by atoms with Crippen molar-refractivity contribution in [3.63, 3.8) is 0 Å². The van der Waals surface area contributed by atoms with Crippen molar-refractivity contribution in [2.75, 3.05) is 23.5 Å². The third kappa shape index (κ3) is 4.27. The van der Waals surface area contributed by atoms with Gasteiger partial charge in [0.05, 0.1) is 25.2 Å². The van der Waals surface area contributed by atoms with Crippen LogP contribution in [0.5, 0.6) is 0 Å². The van der Waals surface area contributed by atoms with E-state index in [0.717, 1.165) is 15.9 Å². The Balaban J connectivity index is 3.38. The van der Waals surface area contributed by atoms with Gasteiger partial charge in [0, 0.05) is 0 Å².